The Morgan fingerprint density at radius 2 is 1.38 bits per heavy atom. The summed E-state index contributed by atoms with van der Waals surface area (Å²) in [5.74, 6) is -1.84. The number of ether oxygens (including phenoxy) is 2. The minimum absolute atomic E-state index is 0.0726. The summed E-state index contributed by atoms with van der Waals surface area (Å²) in [7, 11) is -1.16. The van der Waals surface area contributed by atoms with Crippen LogP contribution in [0.15, 0.2) is 60.7 Å². The number of rotatable bonds is 8. The van der Waals surface area contributed by atoms with Gasteiger partial charge in [-0.3, -0.25) is 9.10 Å². The van der Waals surface area contributed by atoms with E-state index in [0.717, 1.165) is 17.4 Å². The molecule has 37 heavy (non-hydrogen) atoms. The van der Waals surface area contributed by atoms with Gasteiger partial charge >= 0.3 is 11.9 Å². The number of carbonyl (C=O) groups is 3. The monoisotopic (exact) mass is 524 g/mol. The van der Waals surface area contributed by atoms with E-state index in [1.54, 1.807) is 24.3 Å². The van der Waals surface area contributed by atoms with Crippen molar-refractivity contribution < 1.29 is 32.3 Å². The molecule has 0 unspecified atom stereocenters. The van der Waals surface area contributed by atoms with E-state index in [-0.39, 0.29) is 23.4 Å². The Hall–Kier alpha value is -4.18. The van der Waals surface area contributed by atoms with Crippen molar-refractivity contribution >= 4 is 39.2 Å². The first-order chi connectivity index (χ1) is 17.4. The summed E-state index contributed by atoms with van der Waals surface area (Å²) < 4.78 is 35.9. The summed E-state index contributed by atoms with van der Waals surface area (Å²) >= 11 is 0. The van der Waals surface area contributed by atoms with Crippen molar-refractivity contribution in [3.8, 4) is 0 Å². The second-order valence-corrected chi connectivity index (χ2v) is 10.4. The third-order valence-corrected chi connectivity index (χ3v) is 6.74. The summed E-state index contributed by atoms with van der Waals surface area (Å²) in [5.41, 5.74) is 3.69. The van der Waals surface area contributed by atoms with Gasteiger partial charge in [-0.05, 0) is 66.9 Å². The smallest absolute Gasteiger partial charge is 0.337 e. The molecule has 0 fully saturated rings. The van der Waals surface area contributed by atoms with E-state index in [4.69, 9.17) is 9.47 Å². The minimum atomic E-state index is -3.57. The third-order valence-electron chi connectivity index (χ3n) is 5.61. The van der Waals surface area contributed by atoms with Crippen molar-refractivity contribution in [2.24, 2.45) is 0 Å². The van der Waals surface area contributed by atoms with Crippen molar-refractivity contribution in [3.05, 3.63) is 94.0 Å². The van der Waals surface area contributed by atoms with Gasteiger partial charge in [0.1, 0.15) is 0 Å². The quantitative estimate of drug-likeness (QED) is 0.441. The number of nitrogens with one attached hydrogen (secondary N) is 1. The first-order valence-electron chi connectivity index (χ1n) is 11.2. The first kappa shape index (κ1) is 27.4. The second-order valence-electron chi connectivity index (χ2n) is 8.49. The topological polar surface area (TPSA) is 119 Å². The molecule has 0 aliphatic carbocycles. The van der Waals surface area contributed by atoms with Crippen LogP contribution in [0.25, 0.3) is 0 Å². The van der Waals surface area contributed by atoms with Crippen LogP contribution in [0.3, 0.4) is 0 Å². The fourth-order valence-electron chi connectivity index (χ4n) is 3.67. The number of benzene rings is 3. The van der Waals surface area contributed by atoms with Crippen LogP contribution in [-0.4, -0.2) is 46.7 Å². The second kappa shape index (κ2) is 11.3. The minimum Gasteiger partial charge on any atom is -0.465 e. The molecule has 3 aromatic rings. The molecule has 1 N–H and O–H groups in total. The molecule has 0 radical (unpaired) electrons. The highest BCUT2D eigenvalue weighted by Gasteiger charge is 2.20. The van der Waals surface area contributed by atoms with Gasteiger partial charge in [0.2, 0.25) is 10.0 Å². The Labute approximate surface area is 216 Å². The van der Waals surface area contributed by atoms with E-state index < -0.39 is 27.9 Å². The van der Waals surface area contributed by atoms with E-state index in [0.29, 0.717) is 16.8 Å². The molecule has 1 amide bonds. The Bertz CT molecular complexity index is 1410. The van der Waals surface area contributed by atoms with Crippen LogP contribution in [0, 0.1) is 13.8 Å². The van der Waals surface area contributed by atoms with Crippen LogP contribution < -0.4 is 9.62 Å². The molecule has 0 aromatic heterocycles. The Morgan fingerprint density at radius 1 is 0.811 bits per heavy atom. The molecular formula is C27H28N2O7S. The van der Waals surface area contributed by atoms with Crippen molar-refractivity contribution in [1.82, 2.24) is 0 Å². The molecular weight excluding hydrogens is 496 g/mol. The van der Waals surface area contributed by atoms with Crippen LogP contribution in [0.2, 0.25) is 0 Å². The molecule has 194 valence electrons. The molecule has 0 aliphatic heterocycles. The third kappa shape index (κ3) is 6.73. The Balaban J connectivity index is 1.84. The maximum atomic E-state index is 12.9. The summed E-state index contributed by atoms with van der Waals surface area (Å²) in [6.07, 6.45) is 1.15. The van der Waals surface area contributed by atoms with Gasteiger partial charge in [-0.1, -0.05) is 24.3 Å². The van der Waals surface area contributed by atoms with Crippen molar-refractivity contribution in [2.75, 3.05) is 30.1 Å². The SMILES string of the molecule is COC(=O)c1cc(NC(=O)c2ccc(CN(c3cc(C)ccc3C)S(C)(=O)=O)cc2)cc(C(=O)OC)c1. The molecule has 0 atom stereocenters. The number of sulfonamides is 1. The van der Waals surface area contributed by atoms with Gasteiger partial charge in [-0.15, -0.1) is 0 Å². The van der Waals surface area contributed by atoms with Gasteiger partial charge in [0, 0.05) is 11.3 Å². The zero-order valence-electron chi connectivity index (χ0n) is 21.2. The normalized spacial score (nSPS) is 10.9. The van der Waals surface area contributed by atoms with Gasteiger partial charge in [-0.25, -0.2) is 18.0 Å². The number of carbonyl (C=O) groups excluding carboxylic acids is 3. The molecule has 3 aromatic carbocycles. The molecule has 0 saturated heterocycles. The number of hydrogen-bond acceptors (Lipinski definition) is 7. The largest absolute Gasteiger partial charge is 0.465 e. The average Bonchev–Trinajstić information content (AvgIpc) is 2.87. The van der Waals surface area contributed by atoms with E-state index in [9.17, 15) is 22.8 Å². The van der Waals surface area contributed by atoms with E-state index in [1.807, 2.05) is 32.0 Å². The number of aryl methyl sites for hydroxylation is 2. The molecule has 3 rings (SSSR count). The van der Waals surface area contributed by atoms with E-state index in [1.165, 1.54) is 36.7 Å². The summed E-state index contributed by atoms with van der Waals surface area (Å²) in [5, 5.41) is 2.66. The summed E-state index contributed by atoms with van der Waals surface area (Å²) in [6, 6.07) is 16.2. The highest BCUT2D eigenvalue weighted by atomic mass is 32.2. The number of amides is 1. The lowest BCUT2D eigenvalue weighted by atomic mass is 10.1. The van der Waals surface area contributed by atoms with Gasteiger partial charge in [0.15, 0.2) is 0 Å². The lowest BCUT2D eigenvalue weighted by molar-refractivity contribution is 0.0598. The molecule has 0 aliphatic rings. The van der Waals surface area contributed by atoms with Crippen LogP contribution in [0.4, 0.5) is 11.4 Å². The molecule has 9 nitrogen and oxygen atoms in total. The lowest BCUT2D eigenvalue weighted by Crippen LogP contribution is -2.30. The number of methoxy groups -OCH3 is 2. The fourth-order valence-corrected chi connectivity index (χ4v) is 4.61. The van der Waals surface area contributed by atoms with Crippen LogP contribution in [-0.2, 0) is 26.0 Å². The zero-order valence-corrected chi connectivity index (χ0v) is 22.0. The van der Waals surface area contributed by atoms with Crippen LogP contribution >= 0.6 is 0 Å². The molecule has 10 heteroatoms. The zero-order chi connectivity index (χ0) is 27.3. The highest BCUT2D eigenvalue weighted by molar-refractivity contribution is 7.92. The van der Waals surface area contributed by atoms with Gasteiger partial charge in [0.05, 0.1) is 43.8 Å². The number of esters is 2. The molecule has 0 bridgehead atoms. The van der Waals surface area contributed by atoms with E-state index >= 15 is 0 Å². The fraction of sp³-hybridized carbons (Fsp3) is 0.222. The van der Waals surface area contributed by atoms with Crippen LogP contribution in [0.1, 0.15) is 47.8 Å². The average molecular weight is 525 g/mol. The predicted octanol–water partition coefficient (Wildman–Crippen LogP) is 4.10. The van der Waals surface area contributed by atoms with Crippen molar-refractivity contribution in [1.29, 1.82) is 0 Å². The maximum Gasteiger partial charge on any atom is 0.337 e. The number of anilines is 2. The Kier molecular flexibility index (Phi) is 8.34. The van der Waals surface area contributed by atoms with Gasteiger partial charge in [0.25, 0.3) is 5.91 Å². The Morgan fingerprint density at radius 3 is 1.89 bits per heavy atom. The van der Waals surface area contributed by atoms with Gasteiger partial charge in [-0.2, -0.15) is 0 Å². The lowest BCUT2D eigenvalue weighted by Gasteiger charge is -2.25. The molecule has 0 saturated carbocycles. The summed E-state index contributed by atoms with van der Waals surface area (Å²) in [4.78, 5) is 36.8. The molecule has 0 spiro atoms. The molecule has 0 heterocycles. The van der Waals surface area contributed by atoms with E-state index in [2.05, 4.69) is 5.32 Å². The number of nitrogens with zero attached hydrogens (tertiary/aromatic N) is 1. The van der Waals surface area contributed by atoms with Crippen molar-refractivity contribution in [3.63, 3.8) is 0 Å². The van der Waals surface area contributed by atoms with Crippen molar-refractivity contribution in [2.45, 2.75) is 20.4 Å². The maximum absolute atomic E-state index is 12.9. The van der Waals surface area contributed by atoms with Crippen LogP contribution in [0.5, 0.6) is 0 Å². The standard InChI is InChI=1S/C27H28N2O7S/c1-17-6-7-18(2)24(12-17)29(37(5,33)34)16-19-8-10-20(11-9-19)25(30)28-23-14-21(26(31)35-3)13-22(15-23)27(32)36-4/h6-15H,16H2,1-5H3,(H,28,30). The first-order valence-corrected chi connectivity index (χ1v) is 13.0. The predicted molar refractivity (Wildman–Crippen MR) is 140 cm³/mol. The highest BCUT2D eigenvalue weighted by Crippen LogP contribution is 2.26. The summed E-state index contributed by atoms with van der Waals surface area (Å²) in [6.45, 7) is 3.84. The number of hydrogen-bond donors (Lipinski definition) is 1. The van der Waals surface area contributed by atoms with Gasteiger partial charge < -0.3 is 14.8 Å².